The molecule has 8 heteroatoms. The van der Waals surface area contributed by atoms with Crippen LogP contribution in [0.1, 0.15) is 36.6 Å². The molecule has 1 aliphatic heterocycles. The van der Waals surface area contributed by atoms with E-state index in [0.29, 0.717) is 26.1 Å². The minimum absolute atomic E-state index is 0. The van der Waals surface area contributed by atoms with Crippen LogP contribution in [-0.4, -0.2) is 46.4 Å². The highest BCUT2D eigenvalue weighted by Crippen LogP contribution is 2.18. The molecule has 0 aliphatic carbocycles. The minimum Gasteiger partial charge on any atom is -0.357 e. The third-order valence-electron chi connectivity index (χ3n) is 5.22. The number of nitrogens with one attached hydrogen (secondary N) is 1. The third-order valence-corrected chi connectivity index (χ3v) is 5.43. The van der Waals surface area contributed by atoms with E-state index in [2.05, 4.69) is 29.3 Å². The summed E-state index contributed by atoms with van der Waals surface area (Å²) >= 11 is 6.12. The van der Waals surface area contributed by atoms with Gasteiger partial charge in [-0.1, -0.05) is 35.9 Å². The number of aliphatic imine (C=N–C) groups is 1. The lowest BCUT2D eigenvalue weighted by Crippen LogP contribution is -2.38. The van der Waals surface area contributed by atoms with E-state index < -0.39 is 0 Å². The molecule has 1 N–H and O–H groups in total. The van der Waals surface area contributed by atoms with Gasteiger partial charge in [0.15, 0.2) is 5.96 Å². The van der Waals surface area contributed by atoms with Gasteiger partial charge in [-0.25, -0.2) is 4.99 Å². The van der Waals surface area contributed by atoms with Crippen LogP contribution in [0, 0.1) is 0 Å². The van der Waals surface area contributed by atoms with Crippen molar-refractivity contribution in [2.24, 2.45) is 12.0 Å². The number of rotatable bonds is 7. The number of aromatic nitrogens is 1. The second-order valence-corrected chi connectivity index (χ2v) is 7.91. The molecule has 164 valence electrons. The average molecular weight is 544 g/mol. The van der Waals surface area contributed by atoms with Crippen molar-refractivity contribution in [3.8, 4) is 0 Å². The molecular formula is C22H31ClIN5O. The van der Waals surface area contributed by atoms with Crippen molar-refractivity contribution in [3.63, 3.8) is 0 Å². The van der Waals surface area contributed by atoms with Crippen LogP contribution in [0.3, 0.4) is 0 Å². The smallest absolute Gasteiger partial charge is 0.222 e. The molecule has 1 aromatic heterocycles. The van der Waals surface area contributed by atoms with Gasteiger partial charge in [-0.2, -0.15) is 0 Å². The van der Waals surface area contributed by atoms with Crippen LogP contribution in [0.2, 0.25) is 5.02 Å². The zero-order valence-electron chi connectivity index (χ0n) is 17.9. The molecule has 2 heterocycles. The lowest BCUT2D eigenvalue weighted by atomic mass is 10.1. The fourth-order valence-electron chi connectivity index (χ4n) is 3.61. The van der Waals surface area contributed by atoms with Gasteiger partial charge in [0.1, 0.15) is 0 Å². The predicted molar refractivity (Wildman–Crippen MR) is 133 cm³/mol. The molecule has 6 nitrogen and oxygen atoms in total. The molecule has 1 saturated heterocycles. The van der Waals surface area contributed by atoms with Crippen molar-refractivity contribution in [1.82, 2.24) is 19.7 Å². The summed E-state index contributed by atoms with van der Waals surface area (Å²) in [6.45, 7) is 5.65. The van der Waals surface area contributed by atoms with Crippen LogP contribution in [-0.2, 0) is 31.5 Å². The number of nitrogens with zero attached hydrogens (tertiary/aromatic N) is 4. The number of guanidine groups is 1. The molecule has 1 aromatic carbocycles. The summed E-state index contributed by atoms with van der Waals surface area (Å²) in [6.07, 6.45) is 3.53. The quantitative estimate of drug-likeness (QED) is 0.326. The van der Waals surface area contributed by atoms with Crippen molar-refractivity contribution in [3.05, 3.63) is 58.4 Å². The van der Waals surface area contributed by atoms with Gasteiger partial charge in [0.25, 0.3) is 0 Å². The maximum atomic E-state index is 12.0. The second kappa shape index (κ2) is 11.6. The zero-order chi connectivity index (χ0) is 20.8. The molecule has 1 amide bonds. The van der Waals surface area contributed by atoms with Crippen molar-refractivity contribution in [2.75, 3.05) is 20.1 Å². The summed E-state index contributed by atoms with van der Waals surface area (Å²) in [6, 6.07) is 10.2. The first-order valence-corrected chi connectivity index (χ1v) is 10.5. The first-order valence-electron chi connectivity index (χ1n) is 10.1. The Morgan fingerprint density at radius 3 is 2.63 bits per heavy atom. The molecule has 0 unspecified atom stereocenters. The Balaban J connectivity index is 0.00000320. The fourth-order valence-corrected chi connectivity index (χ4v) is 3.89. The number of halogens is 2. The van der Waals surface area contributed by atoms with Crippen molar-refractivity contribution in [1.29, 1.82) is 0 Å². The number of likely N-dealkylation sites (tertiary alicyclic amines) is 1. The van der Waals surface area contributed by atoms with Crippen molar-refractivity contribution >= 4 is 47.4 Å². The van der Waals surface area contributed by atoms with Crippen LogP contribution in [0.5, 0.6) is 0 Å². The largest absolute Gasteiger partial charge is 0.357 e. The van der Waals surface area contributed by atoms with Crippen molar-refractivity contribution < 1.29 is 4.79 Å². The highest BCUT2D eigenvalue weighted by atomic mass is 127. The molecule has 1 fully saturated rings. The van der Waals surface area contributed by atoms with Gasteiger partial charge in [0.2, 0.25) is 5.91 Å². The maximum Gasteiger partial charge on any atom is 0.222 e. The number of carbonyl (C=O) groups excluding carboxylic acids is 1. The molecular weight excluding hydrogens is 513 g/mol. The predicted octanol–water partition coefficient (Wildman–Crippen LogP) is 4.02. The van der Waals surface area contributed by atoms with Gasteiger partial charge < -0.3 is 19.7 Å². The molecule has 0 radical (unpaired) electrons. The number of benzene rings is 1. The van der Waals surface area contributed by atoms with E-state index in [4.69, 9.17) is 16.6 Å². The molecule has 1 aliphatic rings. The van der Waals surface area contributed by atoms with Crippen LogP contribution in [0.25, 0.3) is 0 Å². The standard InChI is InChI=1S/C22H30ClN5O.HI/c1-4-24-22(27(3)16-20-12-19(23)15-26(20)2)25-13-17-8-5-6-9-18(17)14-28-11-7-10-21(28)29;/h5-6,8-9,12,15H,4,7,10-11,13-14,16H2,1-3H3,(H,24,25);1H. The van der Waals surface area contributed by atoms with Gasteiger partial charge in [-0.15, -0.1) is 24.0 Å². The van der Waals surface area contributed by atoms with Gasteiger partial charge in [0.05, 0.1) is 18.1 Å². The zero-order valence-corrected chi connectivity index (χ0v) is 21.0. The summed E-state index contributed by atoms with van der Waals surface area (Å²) in [5.74, 6) is 1.09. The molecule has 2 aromatic rings. The Bertz CT molecular complexity index is 882. The number of hydrogen-bond donors (Lipinski definition) is 1. The Morgan fingerprint density at radius 1 is 1.30 bits per heavy atom. The van der Waals surface area contributed by atoms with Crippen molar-refractivity contribution in [2.45, 2.75) is 39.4 Å². The lowest BCUT2D eigenvalue weighted by molar-refractivity contribution is -0.128. The van der Waals surface area contributed by atoms with Gasteiger partial charge in [-0.05, 0) is 30.5 Å². The summed E-state index contributed by atoms with van der Waals surface area (Å²) < 4.78 is 2.03. The fraction of sp³-hybridized carbons (Fsp3) is 0.455. The second-order valence-electron chi connectivity index (χ2n) is 7.47. The normalized spacial score (nSPS) is 14.1. The number of carbonyl (C=O) groups is 1. The molecule has 30 heavy (non-hydrogen) atoms. The van der Waals surface area contributed by atoms with E-state index in [9.17, 15) is 4.79 Å². The molecule has 0 bridgehead atoms. The molecule has 3 rings (SSSR count). The van der Waals surface area contributed by atoms with E-state index in [-0.39, 0.29) is 29.9 Å². The van der Waals surface area contributed by atoms with Crippen LogP contribution in [0.15, 0.2) is 41.5 Å². The number of amides is 1. The van der Waals surface area contributed by atoms with E-state index >= 15 is 0 Å². The Labute approximate surface area is 201 Å². The summed E-state index contributed by atoms with van der Waals surface area (Å²) in [7, 11) is 4.02. The lowest BCUT2D eigenvalue weighted by Gasteiger charge is -2.23. The minimum atomic E-state index is 0. The molecule has 0 atom stereocenters. The molecule has 0 saturated carbocycles. The summed E-state index contributed by atoms with van der Waals surface area (Å²) in [5.41, 5.74) is 3.44. The van der Waals surface area contributed by atoms with Gasteiger partial charge >= 0.3 is 0 Å². The van der Waals surface area contributed by atoms with Crippen LogP contribution >= 0.6 is 35.6 Å². The third kappa shape index (κ3) is 6.38. The number of hydrogen-bond acceptors (Lipinski definition) is 2. The van der Waals surface area contributed by atoms with E-state index in [1.165, 1.54) is 5.56 Å². The summed E-state index contributed by atoms with van der Waals surface area (Å²) in [4.78, 5) is 20.9. The number of aryl methyl sites for hydroxylation is 1. The first-order chi connectivity index (χ1) is 14.0. The SMILES string of the molecule is CCNC(=NCc1ccccc1CN1CCCC1=O)N(C)Cc1cc(Cl)cn1C.I. The average Bonchev–Trinajstić information content (AvgIpc) is 3.24. The Morgan fingerprint density at radius 2 is 2.03 bits per heavy atom. The Hall–Kier alpha value is -1.74. The molecule has 0 spiro atoms. The summed E-state index contributed by atoms with van der Waals surface area (Å²) in [5, 5.41) is 4.11. The highest BCUT2D eigenvalue weighted by molar-refractivity contribution is 14.0. The van der Waals surface area contributed by atoms with E-state index in [1.807, 2.05) is 48.0 Å². The van der Waals surface area contributed by atoms with E-state index in [0.717, 1.165) is 41.7 Å². The topological polar surface area (TPSA) is 52.9 Å². The Kier molecular flexibility index (Phi) is 9.48. The highest BCUT2D eigenvalue weighted by Gasteiger charge is 2.21. The van der Waals surface area contributed by atoms with Crippen LogP contribution < -0.4 is 5.32 Å². The van der Waals surface area contributed by atoms with Gasteiger partial charge in [0, 0.05) is 52.0 Å². The van der Waals surface area contributed by atoms with E-state index in [1.54, 1.807) is 0 Å². The maximum absolute atomic E-state index is 12.0. The van der Waals surface area contributed by atoms with Crippen LogP contribution in [0.4, 0.5) is 0 Å². The monoisotopic (exact) mass is 543 g/mol. The first kappa shape index (κ1) is 24.5. The van der Waals surface area contributed by atoms with Gasteiger partial charge in [-0.3, -0.25) is 4.79 Å².